The second-order valence-electron chi connectivity index (χ2n) is 10.5. The van der Waals surface area contributed by atoms with Crippen LogP contribution in [-0.4, -0.2) is 45.9 Å². The molecule has 0 spiro atoms. The predicted octanol–water partition coefficient (Wildman–Crippen LogP) is 4.69. The average molecular weight is 540 g/mol. The van der Waals surface area contributed by atoms with Crippen molar-refractivity contribution in [2.45, 2.75) is 38.8 Å². The Hall–Kier alpha value is -5.12. The maximum Gasteiger partial charge on any atom is 0.408 e. The van der Waals surface area contributed by atoms with E-state index in [0.717, 1.165) is 16.8 Å². The van der Waals surface area contributed by atoms with Crippen LogP contribution < -0.4 is 16.1 Å². The number of alkyl carbamates (subject to hydrolysis) is 1. The van der Waals surface area contributed by atoms with E-state index in [0.29, 0.717) is 27.7 Å². The number of hydrogen-bond donors (Lipinski definition) is 5. The van der Waals surface area contributed by atoms with E-state index in [-0.39, 0.29) is 12.2 Å². The number of amides is 3. The van der Waals surface area contributed by atoms with Crippen LogP contribution in [0.25, 0.3) is 22.2 Å². The summed E-state index contributed by atoms with van der Waals surface area (Å²) in [6.45, 7) is 5.19. The molecule has 1 aliphatic heterocycles. The second kappa shape index (κ2) is 10.6. The molecule has 40 heavy (non-hydrogen) atoms. The third-order valence-corrected chi connectivity index (χ3v) is 6.25. The van der Waals surface area contributed by atoms with Crippen LogP contribution in [0.3, 0.4) is 0 Å². The molecule has 0 saturated heterocycles. The van der Waals surface area contributed by atoms with Crippen LogP contribution in [0.1, 0.15) is 42.3 Å². The Morgan fingerprint density at radius 2 is 1.77 bits per heavy atom. The summed E-state index contributed by atoms with van der Waals surface area (Å²) < 4.78 is 5.37. The second-order valence-corrected chi connectivity index (χ2v) is 10.5. The third kappa shape index (κ3) is 5.80. The topological polar surface area (TPSA) is 145 Å². The molecule has 1 atom stereocenters. The largest absolute Gasteiger partial charge is 0.508 e. The number of rotatable bonds is 6. The van der Waals surface area contributed by atoms with E-state index >= 15 is 0 Å². The Kier molecular flexibility index (Phi) is 7.00. The lowest BCUT2D eigenvalue weighted by atomic mass is 10.0. The van der Waals surface area contributed by atoms with Crippen molar-refractivity contribution in [3.8, 4) is 17.0 Å². The third-order valence-electron chi connectivity index (χ3n) is 6.25. The van der Waals surface area contributed by atoms with E-state index in [1.165, 1.54) is 12.1 Å². The van der Waals surface area contributed by atoms with Gasteiger partial charge in [0.1, 0.15) is 17.4 Å². The first-order chi connectivity index (χ1) is 19.1. The summed E-state index contributed by atoms with van der Waals surface area (Å²) in [5.41, 5.74) is 6.28. The first kappa shape index (κ1) is 26.5. The number of aromatic hydroxyl groups is 1. The first-order valence-corrected chi connectivity index (χ1v) is 12.7. The molecule has 5 N–H and O–H groups in total. The van der Waals surface area contributed by atoms with Gasteiger partial charge in [-0.3, -0.25) is 9.59 Å². The molecule has 3 aromatic carbocycles. The molecule has 1 aromatic heterocycles. The van der Waals surface area contributed by atoms with Crippen LogP contribution in [0.2, 0.25) is 0 Å². The smallest absolute Gasteiger partial charge is 0.408 e. The van der Waals surface area contributed by atoms with E-state index in [2.05, 4.69) is 26.1 Å². The number of hydrazone groups is 1. The van der Waals surface area contributed by atoms with E-state index in [1.807, 2.05) is 30.3 Å². The highest BCUT2D eigenvalue weighted by Crippen LogP contribution is 2.34. The summed E-state index contributed by atoms with van der Waals surface area (Å²) in [6.07, 6.45) is 0.998. The van der Waals surface area contributed by atoms with Crippen molar-refractivity contribution < 1.29 is 24.2 Å². The zero-order valence-corrected chi connectivity index (χ0v) is 22.2. The Balaban J connectivity index is 1.48. The van der Waals surface area contributed by atoms with Gasteiger partial charge >= 0.3 is 6.09 Å². The van der Waals surface area contributed by atoms with Gasteiger partial charge in [0, 0.05) is 28.6 Å². The minimum absolute atomic E-state index is 0.0884. The Morgan fingerprint density at radius 1 is 1.05 bits per heavy atom. The standard InChI is InChI=1S/C30H29N5O5/c1-30(2,3)40-29(39)34-24(13-17-9-11-20(36)12-10-17)28(38)32-19-14-21-25-22(16-31-35-27(21)37)26(33-23(25)15-19)18-7-5-4-6-8-18/h4-12,14-16,24,33,36H,13H2,1-3H3,(H,32,38)(H,34,39)(H,35,37)/t24-/m1/s1. The molecular weight excluding hydrogens is 510 g/mol. The van der Waals surface area contributed by atoms with Gasteiger partial charge in [-0.1, -0.05) is 42.5 Å². The number of benzene rings is 3. The molecule has 0 radical (unpaired) electrons. The quantitative estimate of drug-likeness (QED) is 0.241. The highest BCUT2D eigenvalue weighted by molar-refractivity contribution is 6.18. The lowest BCUT2D eigenvalue weighted by molar-refractivity contribution is -0.118. The summed E-state index contributed by atoms with van der Waals surface area (Å²) >= 11 is 0. The van der Waals surface area contributed by atoms with E-state index in [1.54, 1.807) is 51.3 Å². The van der Waals surface area contributed by atoms with Crippen LogP contribution in [0.4, 0.5) is 10.5 Å². The highest BCUT2D eigenvalue weighted by atomic mass is 16.6. The van der Waals surface area contributed by atoms with Crippen molar-refractivity contribution in [2.75, 3.05) is 5.32 Å². The van der Waals surface area contributed by atoms with Gasteiger partial charge in [-0.2, -0.15) is 5.10 Å². The molecular formula is C30H29N5O5. The fourth-order valence-electron chi connectivity index (χ4n) is 4.54. The van der Waals surface area contributed by atoms with Crippen molar-refractivity contribution in [2.24, 2.45) is 5.10 Å². The number of carbonyl (C=O) groups is 3. The van der Waals surface area contributed by atoms with Gasteiger partial charge in [-0.05, 0) is 56.2 Å². The number of nitrogens with zero attached hydrogens (tertiary/aromatic N) is 1. The average Bonchev–Trinajstić information content (AvgIpc) is 3.17. The number of ether oxygens (including phenoxy) is 1. The van der Waals surface area contributed by atoms with Gasteiger partial charge in [0.2, 0.25) is 5.91 Å². The number of aromatic amines is 1. The molecule has 0 fully saturated rings. The minimum Gasteiger partial charge on any atom is -0.508 e. The minimum atomic E-state index is -1.01. The molecule has 0 bridgehead atoms. The zero-order valence-electron chi connectivity index (χ0n) is 22.2. The summed E-state index contributed by atoms with van der Waals surface area (Å²) in [4.78, 5) is 42.4. The number of phenols is 1. The number of anilines is 1. The molecule has 0 saturated carbocycles. The maximum absolute atomic E-state index is 13.5. The van der Waals surface area contributed by atoms with E-state index < -0.39 is 29.6 Å². The van der Waals surface area contributed by atoms with Crippen LogP contribution >= 0.6 is 0 Å². The van der Waals surface area contributed by atoms with Gasteiger partial charge < -0.3 is 25.5 Å². The molecule has 4 aromatic rings. The van der Waals surface area contributed by atoms with Crippen LogP contribution in [0.5, 0.6) is 5.75 Å². The number of carbonyl (C=O) groups excluding carboxylic acids is 3. The lowest BCUT2D eigenvalue weighted by Gasteiger charge is -2.23. The SMILES string of the molecule is CC(C)(C)OC(=O)N[C@H](Cc1ccc(O)cc1)C(=O)Nc1cc2c3c(c(-c4ccccc4)[nH]c3c1)C=NNC2=O. The van der Waals surface area contributed by atoms with Crippen molar-refractivity contribution in [1.29, 1.82) is 0 Å². The highest BCUT2D eigenvalue weighted by Gasteiger charge is 2.27. The summed E-state index contributed by atoms with van der Waals surface area (Å²) in [5.74, 6) is -0.835. The Bertz CT molecular complexity index is 1620. The lowest BCUT2D eigenvalue weighted by Crippen LogP contribution is -2.47. The molecule has 10 heteroatoms. The molecule has 204 valence electrons. The summed E-state index contributed by atoms with van der Waals surface area (Å²) in [5, 5.41) is 19.9. The van der Waals surface area contributed by atoms with Crippen molar-refractivity contribution in [1.82, 2.24) is 15.7 Å². The predicted molar refractivity (Wildman–Crippen MR) is 152 cm³/mol. The Morgan fingerprint density at radius 3 is 2.48 bits per heavy atom. The van der Waals surface area contributed by atoms with Crippen molar-refractivity contribution in [3.05, 3.63) is 83.4 Å². The van der Waals surface area contributed by atoms with Crippen molar-refractivity contribution >= 4 is 40.7 Å². The number of hydrogen-bond acceptors (Lipinski definition) is 6. The van der Waals surface area contributed by atoms with Gasteiger partial charge in [-0.15, -0.1) is 0 Å². The normalized spacial score (nSPS) is 13.3. The van der Waals surface area contributed by atoms with E-state index in [4.69, 9.17) is 4.74 Å². The summed E-state index contributed by atoms with van der Waals surface area (Å²) in [7, 11) is 0. The number of aromatic nitrogens is 1. The van der Waals surface area contributed by atoms with Gasteiger partial charge in [0.05, 0.1) is 17.5 Å². The van der Waals surface area contributed by atoms with Gasteiger partial charge in [0.25, 0.3) is 5.91 Å². The van der Waals surface area contributed by atoms with E-state index in [9.17, 15) is 19.5 Å². The maximum atomic E-state index is 13.5. The monoisotopic (exact) mass is 539 g/mol. The molecule has 5 rings (SSSR count). The summed E-state index contributed by atoms with van der Waals surface area (Å²) in [6, 6.07) is 18.3. The van der Waals surface area contributed by atoms with Crippen LogP contribution in [-0.2, 0) is 16.0 Å². The molecule has 3 amide bonds. The molecule has 1 aliphatic rings. The molecule has 10 nitrogen and oxygen atoms in total. The van der Waals surface area contributed by atoms with Gasteiger partial charge in [0.15, 0.2) is 0 Å². The van der Waals surface area contributed by atoms with Crippen LogP contribution in [0.15, 0.2) is 71.8 Å². The molecule has 2 heterocycles. The van der Waals surface area contributed by atoms with Gasteiger partial charge in [-0.25, -0.2) is 10.2 Å². The fraction of sp³-hybridized carbons (Fsp3) is 0.200. The fourth-order valence-corrected chi connectivity index (χ4v) is 4.54. The zero-order chi connectivity index (χ0) is 28.4. The number of H-pyrrole nitrogens is 1. The number of phenolic OH excluding ortho intramolecular Hbond substituents is 1. The van der Waals surface area contributed by atoms with Crippen LogP contribution in [0, 0.1) is 0 Å². The molecule has 0 unspecified atom stereocenters. The first-order valence-electron chi connectivity index (χ1n) is 12.7. The molecule has 0 aliphatic carbocycles. The number of nitrogens with one attached hydrogen (secondary N) is 4. The Labute approximate surface area is 230 Å². The van der Waals surface area contributed by atoms with Crippen molar-refractivity contribution in [3.63, 3.8) is 0 Å².